The zero-order chi connectivity index (χ0) is 14.6. The second kappa shape index (κ2) is 7.01. The lowest BCUT2D eigenvalue weighted by molar-refractivity contribution is 0.0385. The molecule has 0 aliphatic carbocycles. The molecule has 0 radical (unpaired) electrons. The van der Waals surface area contributed by atoms with E-state index in [0.29, 0.717) is 12.5 Å². The van der Waals surface area contributed by atoms with Gasteiger partial charge in [-0.25, -0.2) is 4.98 Å². The third kappa shape index (κ3) is 4.03. The first kappa shape index (κ1) is 15.9. The average molecular weight is 296 g/mol. The van der Waals surface area contributed by atoms with Crippen LogP contribution < -0.4 is 0 Å². The van der Waals surface area contributed by atoms with Gasteiger partial charge in [-0.2, -0.15) is 0 Å². The topological polar surface area (TPSA) is 36.4 Å². The van der Waals surface area contributed by atoms with Crippen molar-refractivity contribution < 1.29 is 5.11 Å². The van der Waals surface area contributed by atoms with Gasteiger partial charge in [0.2, 0.25) is 0 Å². The molecule has 0 bridgehead atoms. The van der Waals surface area contributed by atoms with Crippen molar-refractivity contribution in [3.8, 4) is 0 Å². The second-order valence-electron chi connectivity index (χ2n) is 6.61. The zero-order valence-electron chi connectivity index (χ0n) is 13.1. The first-order chi connectivity index (χ1) is 9.57. The van der Waals surface area contributed by atoms with E-state index in [0.717, 1.165) is 45.3 Å². The van der Waals surface area contributed by atoms with Crippen LogP contribution in [0.2, 0.25) is 0 Å². The monoisotopic (exact) mass is 296 g/mol. The van der Waals surface area contributed by atoms with Gasteiger partial charge in [0.15, 0.2) is 0 Å². The van der Waals surface area contributed by atoms with Crippen LogP contribution in [0.5, 0.6) is 0 Å². The average Bonchev–Trinajstić information content (AvgIpc) is 2.86. The Morgan fingerprint density at radius 2 is 2.10 bits per heavy atom. The van der Waals surface area contributed by atoms with E-state index in [9.17, 15) is 5.11 Å². The molecule has 0 unspecified atom stereocenters. The molecule has 1 aromatic heterocycles. The van der Waals surface area contributed by atoms with Crippen LogP contribution in [0.1, 0.15) is 49.9 Å². The molecule has 2 rings (SSSR count). The third-order valence-corrected chi connectivity index (χ3v) is 5.57. The van der Waals surface area contributed by atoms with E-state index >= 15 is 0 Å². The molecular weight excluding hydrogens is 268 g/mol. The molecule has 1 aliphatic heterocycles. The fourth-order valence-corrected chi connectivity index (χ4v) is 4.07. The van der Waals surface area contributed by atoms with Crippen LogP contribution in [0.3, 0.4) is 0 Å². The van der Waals surface area contributed by atoms with E-state index in [1.807, 2.05) is 11.3 Å². The lowest BCUT2D eigenvalue weighted by atomic mass is 9.77. The Bertz CT molecular complexity index is 402. The quantitative estimate of drug-likeness (QED) is 0.875. The molecule has 1 saturated heterocycles. The van der Waals surface area contributed by atoms with E-state index in [1.54, 1.807) is 0 Å². The molecule has 1 aliphatic rings. The van der Waals surface area contributed by atoms with Crippen LogP contribution in [0.15, 0.2) is 6.20 Å². The predicted molar refractivity (Wildman–Crippen MR) is 85.0 cm³/mol. The first-order valence-electron chi connectivity index (χ1n) is 7.84. The number of aliphatic hydroxyl groups is 1. The number of likely N-dealkylation sites (tertiary alicyclic amines) is 1. The summed E-state index contributed by atoms with van der Waals surface area (Å²) in [5, 5.41) is 10.8. The highest BCUT2D eigenvalue weighted by atomic mass is 32.1. The van der Waals surface area contributed by atoms with Crippen molar-refractivity contribution in [2.24, 2.45) is 11.3 Å². The van der Waals surface area contributed by atoms with Crippen LogP contribution in [0.4, 0.5) is 0 Å². The summed E-state index contributed by atoms with van der Waals surface area (Å²) in [5.74, 6) is 0.679. The van der Waals surface area contributed by atoms with Gasteiger partial charge in [-0.3, -0.25) is 4.90 Å². The number of rotatable bonds is 6. The van der Waals surface area contributed by atoms with Crippen LogP contribution >= 0.6 is 11.3 Å². The molecule has 2 heterocycles. The molecule has 0 atom stereocenters. The van der Waals surface area contributed by atoms with Crippen LogP contribution in [-0.4, -0.2) is 34.7 Å². The van der Waals surface area contributed by atoms with Crippen molar-refractivity contribution in [3.05, 3.63) is 16.1 Å². The van der Waals surface area contributed by atoms with Gasteiger partial charge in [0.05, 0.1) is 5.01 Å². The summed E-state index contributed by atoms with van der Waals surface area (Å²) in [7, 11) is 0. The summed E-state index contributed by atoms with van der Waals surface area (Å²) in [6.07, 6.45) is 6.48. The molecule has 114 valence electrons. The lowest BCUT2D eigenvalue weighted by Gasteiger charge is -2.40. The minimum Gasteiger partial charge on any atom is -0.396 e. The van der Waals surface area contributed by atoms with E-state index in [1.165, 1.54) is 9.88 Å². The van der Waals surface area contributed by atoms with Gasteiger partial charge in [-0.05, 0) is 43.7 Å². The van der Waals surface area contributed by atoms with Crippen molar-refractivity contribution in [2.45, 2.75) is 53.0 Å². The zero-order valence-corrected chi connectivity index (χ0v) is 13.9. The van der Waals surface area contributed by atoms with Gasteiger partial charge < -0.3 is 5.11 Å². The van der Waals surface area contributed by atoms with Gasteiger partial charge in [0, 0.05) is 30.6 Å². The lowest BCUT2D eigenvalue weighted by Crippen LogP contribution is -2.41. The molecule has 0 saturated carbocycles. The number of hydrogen-bond acceptors (Lipinski definition) is 4. The molecule has 1 aromatic rings. The maximum Gasteiger partial charge on any atom is 0.0930 e. The number of nitrogens with zero attached hydrogens (tertiary/aromatic N) is 2. The molecule has 1 N–H and O–H groups in total. The van der Waals surface area contributed by atoms with E-state index in [2.05, 4.69) is 36.9 Å². The largest absolute Gasteiger partial charge is 0.396 e. The standard InChI is InChI=1S/C16H28N2OS/c1-4-16(12-19)5-7-18(8-6-16)11-14-10-17-15(20-14)9-13(2)3/h10,13,19H,4-9,11-12H2,1-3H3. The smallest absolute Gasteiger partial charge is 0.0930 e. The van der Waals surface area contributed by atoms with Crippen LogP contribution in [0, 0.1) is 11.3 Å². The molecule has 4 heteroatoms. The Labute approximate surface area is 127 Å². The molecule has 1 fully saturated rings. The van der Waals surface area contributed by atoms with Gasteiger partial charge >= 0.3 is 0 Å². The van der Waals surface area contributed by atoms with Crippen LogP contribution in [-0.2, 0) is 13.0 Å². The highest BCUT2D eigenvalue weighted by Crippen LogP contribution is 2.34. The Morgan fingerprint density at radius 3 is 2.65 bits per heavy atom. The van der Waals surface area contributed by atoms with E-state index < -0.39 is 0 Å². The van der Waals surface area contributed by atoms with Crippen molar-refractivity contribution in [2.75, 3.05) is 19.7 Å². The number of piperidine rings is 1. The molecule has 3 nitrogen and oxygen atoms in total. The molecule has 0 aromatic carbocycles. The minimum absolute atomic E-state index is 0.188. The fourth-order valence-electron chi connectivity index (χ4n) is 2.89. The maximum atomic E-state index is 9.58. The van der Waals surface area contributed by atoms with Gasteiger partial charge in [-0.1, -0.05) is 20.8 Å². The summed E-state index contributed by atoms with van der Waals surface area (Å²) < 4.78 is 0. The number of aliphatic hydroxyl groups excluding tert-OH is 1. The van der Waals surface area contributed by atoms with Gasteiger partial charge in [0.25, 0.3) is 0 Å². The Kier molecular flexibility index (Phi) is 5.58. The van der Waals surface area contributed by atoms with E-state index in [4.69, 9.17) is 0 Å². The van der Waals surface area contributed by atoms with Crippen molar-refractivity contribution in [1.82, 2.24) is 9.88 Å². The number of aromatic nitrogens is 1. The highest BCUT2D eigenvalue weighted by molar-refractivity contribution is 7.11. The molecule has 20 heavy (non-hydrogen) atoms. The summed E-state index contributed by atoms with van der Waals surface area (Å²) >= 11 is 1.86. The van der Waals surface area contributed by atoms with Gasteiger partial charge in [-0.15, -0.1) is 11.3 Å². The SMILES string of the molecule is CCC1(CO)CCN(Cc2cnc(CC(C)C)s2)CC1. The first-order valence-corrected chi connectivity index (χ1v) is 8.65. The molecular formula is C16H28N2OS. The summed E-state index contributed by atoms with van der Waals surface area (Å²) in [6.45, 7) is 10.3. The fraction of sp³-hybridized carbons (Fsp3) is 0.812. The maximum absolute atomic E-state index is 9.58. The van der Waals surface area contributed by atoms with Crippen molar-refractivity contribution >= 4 is 11.3 Å². The highest BCUT2D eigenvalue weighted by Gasteiger charge is 2.32. The number of thiazole rings is 1. The van der Waals surface area contributed by atoms with Gasteiger partial charge in [0.1, 0.15) is 0 Å². The number of hydrogen-bond donors (Lipinski definition) is 1. The normalized spacial score (nSPS) is 19.6. The molecule has 0 amide bonds. The van der Waals surface area contributed by atoms with Crippen molar-refractivity contribution in [1.29, 1.82) is 0 Å². The summed E-state index contributed by atoms with van der Waals surface area (Å²) in [5.41, 5.74) is 0.188. The predicted octanol–water partition coefficient (Wildman–Crippen LogP) is 3.33. The van der Waals surface area contributed by atoms with Crippen LogP contribution in [0.25, 0.3) is 0 Å². The second-order valence-corrected chi connectivity index (χ2v) is 7.81. The Hall–Kier alpha value is -0.450. The Morgan fingerprint density at radius 1 is 1.40 bits per heavy atom. The Balaban J connectivity index is 1.85. The third-order valence-electron chi connectivity index (χ3n) is 4.57. The van der Waals surface area contributed by atoms with Crippen molar-refractivity contribution in [3.63, 3.8) is 0 Å². The molecule has 0 spiro atoms. The minimum atomic E-state index is 0.188. The van der Waals surface area contributed by atoms with E-state index in [-0.39, 0.29) is 5.41 Å². The summed E-state index contributed by atoms with van der Waals surface area (Å²) in [4.78, 5) is 8.43. The summed E-state index contributed by atoms with van der Waals surface area (Å²) in [6, 6.07) is 0.